The zero-order chi connectivity index (χ0) is 16.7. The second-order valence-corrected chi connectivity index (χ2v) is 6.77. The van der Waals surface area contributed by atoms with E-state index in [1.54, 1.807) is 20.2 Å². The molecule has 2 unspecified atom stereocenters. The smallest absolute Gasteiger partial charge is 0.162 e. The summed E-state index contributed by atoms with van der Waals surface area (Å²) in [5, 5.41) is 0. The topological polar surface area (TPSA) is 48.4 Å². The predicted molar refractivity (Wildman–Crippen MR) is 90.1 cm³/mol. The Hall–Kier alpha value is -1.26. The molecule has 0 N–H and O–H groups in total. The molecule has 1 saturated carbocycles. The van der Waals surface area contributed by atoms with Crippen LogP contribution in [0.4, 0.5) is 0 Å². The summed E-state index contributed by atoms with van der Waals surface area (Å²) in [4.78, 5) is 16.9. The van der Waals surface area contributed by atoms with Crippen molar-refractivity contribution < 1.29 is 14.3 Å². The van der Waals surface area contributed by atoms with Gasteiger partial charge in [-0.25, -0.2) is 0 Å². The third-order valence-corrected chi connectivity index (χ3v) is 5.23. The van der Waals surface area contributed by atoms with Crippen LogP contribution >= 0.6 is 0 Å². The Balaban J connectivity index is 2.14. The van der Waals surface area contributed by atoms with E-state index in [0.29, 0.717) is 6.42 Å². The highest BCUT2D eigenvalue weighted by molar-refractivity contribution is 5.85. The third-order valence-electron chi connectivity index (χ3n) is 5.23. The molecule has 1 aliphatic carbocycles. The van der Waals surface area contributed by atoms with Crippen LogP contribution in [0.15, 0.2) is 24.4 Å². The van der Waals surface area contributed by atoms with E-state index in [4.69, 9.17) is 9.47 Å². The van der Waals surface area contributed by atoms with Crippen LogP contribution in [0.5, 0.6) is 0 Å². The molecule has 2 atom stereocenters. The van der Waals surface area contributed by atoms with Gasteiger partial charge in [0.2, 0.25) is 0 Å². The molecular formula is C19H29NO3. The number of nitrogens with zero attached hydrogens (tertiary/aromatic N) is 1. The lowest BCUT2D eigenvalue weighted by Crippen LogP contribution is -2.49. The summed E-state index contributed by atoms with van der Waals surface area (Å²) >= 11 is 0. The molecule has 2 rings (SSSR count). The predicted octanol–water partition coefficient (Wildman–Crippen LogP) is 3.79. The van der Waals surface area contributed by atoms with Crippen LogP contribution in [-0.2, 0) is 20.7 Å². The molecule has 0 spiro atoms. The molecule has 0 aromatic carbocycles. The molecule has 1 aromatic rings. The van der Waals surface area contributed by atoms with Crippen molar-refractivity contribution in [1.82, 2.24) is 4.98 Å². The standard InChI is InChI=1S/C19H29NO3/c1-15(10-11-17-7-6-8-17)19(16(2)21,23-14-22-3)13-18-9-4-5-12-20-18/h4-5,9,12,15,17H,6-8,10-11,13-14H2,1-3H3. The SMILES string of the molecule is COCOC(Cc1ccccn1)(C(C)=O)C(C)CCC1CCC1. The highest BCUT2D eigenvalue weighted by Gasteiger charge is 2.42. The Morgan fingerprint density at radius 1 is 1.43 bits per heavy atom. The summed E-state index contributed by atoms with van der Waals surface area (Å²) in [6, 6.07) is 5.78. The highest BCUT2D eigenvalue weighted by Crippen LogP contribution is 2.36. The van der Waals surface area contributed by atoms with E-state index >= 15 is 0 Å². The number of ether oxygens (including phenoxy) is 2. The lowest BCUT2D eigenvalue weighted by atomic mass is 9.74. The first-order chi connectivity index (χ1) is 11.1. The van der Waals surface area contributed by atoms with Crippen molar-refractivity contribution in [3.63, 3.8) is 0 Å². The lowest BCUT2D eigenvalue weighted by Gasteiger charge is -2.38. The number of Topliss-reactive ketones (excluding diaryl/α,β-unsaturated/α-hetero) is 1. The Kier molecular flexibility index (Phi) is 6.72. The van der Waals surface area contributed by atoms with Crippen molar-refractivity contribution in [2.24, 2.45) is 11.8 Å². The summed E-state index contributed by atoms with van der Waals surface area (Å²) in [7, 11) is 1.59. The van der Waals surface area contributed by atoms with Gasteiger partial charge < -0.3 is 9.47 Å². The summed E-state index contributed by atoms with van der Waals surface area (Å²) < 4.78 is 11.1. The molecule has 1 aromatic heterocycles. The van der Waals surface area contributed by atoms with Crippen LogP contribution in [-0.4, -0.2) is 30.3 Å². The van der Waals surface area contributed by atoms with Crippen molar-refractivity contribution >= 4 is 5.78 Å². The summed E-state index contributed by atoms with van der Waals surface area (Å²) in [6.45, 7) is 3.87. The van der Waals surface area contributed by atoms with Crippen molar-refractivity contribution in [2.75, 3.05) is 13.9 Å². The number of hydrogen-bond acceptors (Lipinski definition) is 4. The maximum absolute atomic E-state index is 12.5. The number of pyridine rings is 1. The maximum atomic E-state index is 12.5. The summed E-state index contributed by atoms with van der Waals surface area (Å²) in [5.74, 6) is 1.03. The number of methoxy groups -OCH3 is 1. The molecule has 0 saturated heterocycles. The first kappa shape index (κ1) is 18.1. The molecule has 0 aliphatic heterocycles. The molecule has 1 fully saturated rings. The third kappa shape index (κ3) is 4.61. The minimum atomic E-state index is -0.853. The zero-order valence-corrected chi connectivity index (χ0v) is 14.6. The fourth-order valence-corrected chi connectivity index (χ4v) is 3.38. The fraction of sp³-hybridized carbons (Fsp3) is 0.684. The molecule has 0 amide bonds. The fourth-order valence-electron chi connectivity index (χ4n) is 3.38. The summed E-state index contributed by atoms with van der Waals surface area (Å²) in [5.41, 5.74) is 0.0305. The monoisotopic (exact) mass is 319 g/mol. The van der Waals surface area contributed by atoms with E-state index in [1.807, 2.05) is 18.2 Å². The average molecular weight is 319 g/mol. The van der Waals surface area contributed by atoms with Crippen LogP contribution in [0.1, 0.15) is 51.6 Å². The molecule has 23 heavy (non-hydrogen) atoms. The van der Waals surface area contributed by atoms with E-state index in [2.05, 4.69) is 11.9 Å². The van der Waals surface area contributed by atoms with Gasteiger partial charge in [0.05, 0.1) is 0 Å². The molecule has 4 nitrogen and oxygen atoms in total. The molecule has 1 heterocycles. The number of carbonyl (C=O) groups is 1. The minimum absolute atomic E-state index is 0.0568. The van der Waals surface area contributed by atoms with Crippen molar-refractivity contribution in [1.29, 1.82) is 0 Å². The molecule has 0 bridgehead atoms. The molecule has 1 aliphatic rings. The van der Waals surface area contributed by atoms with Gasteiger partial charge in [0, 0.05) is 25.4 Å². The van der Waals surface area contributed by atoms with Crippen LogP contribution in [0.2, 0.25) is 0 Å². The number of carbonyl (C=O) groups excluding carboxylic acids is 1. The van der Waals surface area contributed by atoms with Gasteiger partial charge in [-0.2, -0.15) is 0 Å². The van der Waals surface area contributed by atoms with Gasteiger partial charge in [0.1, 0.15) is 12.4 Å². The van der Waals surface area contributed by atoms with E-state index in [1.165, 1.54) is 25.7 Å². The van der Waals surface area contributed by atoms with Gasteiger partial charge in [-0.15, -0.1) is 0 Å². The summed E-state index contributed by atoms with van der Waals surface area (Å²) in [6.07, 6.45) is 8.45. The van der Waals surface area contributed by atoms with Crippen LogP contribution in [0, 0.1) is 11.8 Å². The van der Waals surface area contributed by atoms with Crippen LogP contribution in [0.25, 0.3) is 0 Å². The minimum Gasteiger partial charge on any atom is -0.359 e. The normalized spacial score (nSPS) is 18.9. The van der Waals surface area contributed by atoms with Crippen LogP contribution < -0.4 is 0 Å². The largest absolute Gasteiger partial charge is 0.359 e. The Morgan fingerprint density at radius 3 is 2.74 bits per heavy atom. The number of aromatic nitrogens is 1. The van der Waals surface area contributed by atoms with E-state index in [0.717, 1.165) is 18.0 Å². The quantitative estimate of drug-likeness (QED) is 0.616. The van der Waals surface area contributed by atoms with Crippen molar-refractivity contribution in [2.45, 2.75) is 58.0 Å². The highest BCUT2D eigenvalue weighted by atomic mass is 16.7. The Labute approximate surface area is 139 Å². The van der Waals surface area contributed by atoms with Gasteiger partial charge in [-0.05, 0) is 37.3 Å². The second kappa shape index (κ2) is 8.55. The van der Waals surface area contributed by atoms with E-state index in [9.17, 15) is 4.79 Å². The number of rotatable bonds is 10. The van der Waals surface area contributed by atoms with Crippen molar-refractivity contribution in [3.05, 3.63) is 30.1 Å². The Bertz CT molecular complexity index is 487. The average Bonchev–Trinajstić information content (AvgIpc) is 2.50. The number of ketones is 1. The molecule has 4 heteroatoms. The van der Waals surface area contributed by atoms with Gasteiger partial charge in [0.25, 0.3) is 0 Å². The molecule has 128 valence electrons. The maximum Gasteiger partial charge on any atom is 0.162 e. The van der Waals surface area contributed by atoms with Gasteiger partial charge in [-0.3, -0.25) is 9.78 Å². The van der Waals surface area contributed by atoms with Gasteiger partial charge >= 0.3 is 0 Å². The zero-order valence-electron chi connectivity index (χ0n) is 14.6. The number of hydrogen-bond donors (Lipinski definition) is 0. The van der Waals surface area contributed by atoms with Gasteiger partial charge in [-0.1, -0.05) is 38.7 Å². The Morgan fingerprint density at radius 2 is 2.22 bits per heavy atom. The second-order valence-electron chi connectivity index (χ2n) is 6.77. The van der Waals surface area contributed by atoms with E-state index in [-0.39, 0.29) is 18.5 Å². The van der Waals surface area contributed by atoms with E-state index < -0.39 is 5.60 Å². The first-order valence-corrected chi connectivity index (χ1v) is 8.62. The molecule has 0 radical (unpaired) electrons. The lowest BCUT2D eigenvalue weighted by molar-refractivity contribution is -0.174. The van der Waals surface area contributed by atoms with Crippen molar-refractivity contribution in [3.8, 4) is 0 Å². The first-order valence-electron chi connectivity index (χ1n) is 8.62. The van der Waals surface area contributed by atoms with Gasteiger partial charge in [0.15, 0.2) is 5.78 Å². The molecular weight excluding hydrogens is 290 g/mol. The van der Waals surface area contributed by atoms with Crippen LogP contribution in [0.3, 0.4) is 0 Å².